The molecular formula is C11H13ClN2O3. The lowest BCUT2D eigenvalue weighted by molar-refractivity contribution is -0.120. The molecule has 0 radical (unpaired) electrons. The molecule has 0 heterocycles. The van der Waals surface area contributed by atoms with Gasteiger partial charge in [0.15, 0.2) is 0 Å². The summed E-state index contributed by atoms with van der Waals surface area (Å²) in [6, 6.07) is 6.44. The van der Waals surface area contributed by atoms with E-state index in [4.69, 9.17) is 16.7 Å². The Balaban J connectivity index is 2.42. The van der Waals surface area contributed by atoms with Gasteiger partial charge in [-0.1, -0.05) is 17.7 Å². The van der Waals surface area contributed by atoms with Gasteiger partial charge in [0.2, 0.25) is 5.91 Å². The van der Waals surface area contributed by atoms with E-state index in [1.807, 2.05) is 0 Å². The molecule has 0 aliphatic carbocycles. The van der Waals surface area contributed by atoms with Gasteiger partial charge in [0, 0.05) is 17.1 Å². The van der Waals surface area contributed by atoms with Crippen LogP contribution in [0.5, 0.6) is 0 Å². The van der Waals surface area contributed by atoms with E-state index in [9.17, 15) is 9.59 Å². The smallest absolute Gasteiger partial charge is 0.251 e. The highest BCUT2D eigenvalue weighted by atomic mass is 35.5. The van der Waals surface area contributed by atoms with E-state index in [1.54, 1.807) is 18.2 Å². The number of carbonyl (C=O) groups excluding carboxylic acids is 2. The average Bonchev–Trinajstić information content (AvgIpc) is 2.33. The highest BCUT2D eigenvalue weighted by Crippen LogP contribution is 2.10. The first-order valence-electron chi connectivity index (χ1n) is 5.05. The second kappa shape index (κ2) is 6.88. The Morgan fingerprint density at radius 2 is 2.06 bits per heavy atom. The van der Waals surface area contributed by atoms with Crippen molar-refractivity contribution in [1.82, 2.24) is 10.6 Å². The van der Waals surface area contributed by atoms with Gasteiger partial charge in [0.05, 0.1) is 13.2 Å². The van der Waals surface area contributed by atoms with Gasteiger partial charge >= 0.3 is 0 Å². The Hall–Kier alpha value is -1.59. The first-order valence-corrected chi connectivity index (χ1v) is 5.42. The zero-order chi connectivity index (χ0) is 12.7. The van der Waals surface area contributed by atoms with Gasteiger partial charge in [-0.15, -0.1) is 0 Å². The van der Waals surface area contributed by atoms with Gasteiger partial charge in [-0.05, 0) is 18.2 Å². The van der Waals surface area contributed by atoms with Crippen molar-refractivity contribution in [1.29, 1.82) is 0 Å². The molecule has 6 heteroatoms. The second-order valence-electron chi connectivity index (χ2n) is 3.27. The van der Waals surface area contributed by atoms with Gasteiger partial charge in [0.1, 0.15) is 0 Å². The fraction of sp³-hybridized carbons (Fsp3) is 0.273. The topological polar surface area (TPSA) is 78.4 Å². The molecule has 0 saturated heterocycles. The van der Waals surface area contributed by atoms with Crippen molar-refractivity contribution >= 4 is 23.4 Å². The molecule has 0 bridgehead atoms. The summed E-state index contributed by atoms with van der Waals surface area (Å²) in [6.45, 7) is -0.0921. The third-order valence-corrected chi connectivity index (χ3v) is 2.17. The number of benzene rings is 1. The third-order valence-electron chi connectivity index (χ3n) is 1.93. The number of hydrogen-bond acceptors (Lipinski definition) is 3. The van der Waals surface area contributed by atoms with Crippen molar-refractivity contribution in [2.24, 2.45) is 0 Å². The lowest BCUT2D eigenvalue weighted by Gasteiger charge is -2.05. The van der Waals surface area contributed by atoms with Crippen LogP contribution < -0.4 is 10.6 Å². The fourth-order valence-corrected chi connectivity index (χ4v) is 1.34. The van der Waals surface area contributed by atoms with E-state index in [1.165, 1.54) is 6.07 Å². The number of aliphatic hydroxyl groups excluding tert-OH is 1. The van der Waals surface area contributed by atoms with Gasteiger partial charge in [-0.25, -0.2) is 0 Å². The van der Waals surface area contributed by atoms with Crippen molar-refractivity contribution in [3.05, 3.63) is 34.9 Å². The highest BCUT2D eigenvalue weighted by Gasteiger charge is 2.07. The maximum atomic E-state index is 11.6. The SMILES string of the molecule is O=C(CNC(=O)c1cccc(Cl)c1)NCCO. The van der Waals surface area contributed by atoms with Crippen molar-refractivity contribution in [3.8, 4) is 0 Å². The number of rotatable bonds is 5. The van der Waals surface area contributed by atoms with Crippen LogP contribution in [0, 0.1) is 0 Å². The zero-order valence-electron chi connectivity index (χ0n) is 9.07. The molecule has 0 atom stereocenters. The average molecular weight is 257 g/mol. The normalized spacial score (nSPS) is 9.76. The number of aliphatic hydroxyl groups is 1. The molecule has 0 saturated carbocycles. The maximum absolute atomic E-state index is 11.6. The lowest BCUT2D eigenvalue weighted by Crippen LogP contribution is -2.37. The maximum Gasteiger partial charge on any atom is 0.251 e. The molecule has 1 aromatic rings. The molecule has 0 spiro atoms. The van der Waals surface area contributed by atoms with Crippen LogP contribution in [-0.4, -0.2) is 36.6 Å². The third kappa shape index (κ3) is 4.84. The predicted octanol–water partition coefficient (Wildman–Crippen LogP) is 0.178. The number of hydrogen-bond donors (Lipinski definition) is 3. The molecule has 0 aliphatic heterocycles. The Bertz CT molecular complexity index is 409. The van der Waals surface area contributed by atoms with Crippen molar-refractivity contribution in [2.75, 3.05) is 19.7 Å². The number of nitrogens with one attached hydrogen (secondary N) is 2. The van der Waals surface area contributed by atoms with Crippen molar-refractivity contribution in [3.63, 3.8) is 0 Å². The summed E-state index contributed by atoms with van der Waals surface area (Å²) < 4.78 is 0. The van der Waals surface area contributed by atoms with Crippen LogP contribution >= 0.6 is 11.6 Å². The summed E-state index contributed by atoms with van der Waals surface area (Å²) in [7, 11) is 0. The molecule has 3 N–H and O–H groups in total. The standard InChI is InChI=1S/C11H13ClN2O3/c12-9-3-1-2-8(6-9)11(17)14-7-10(16)13-4-5-15/h1-3,6,15H,4-5,7H2,(H,13,16)(H,14,17). The van der Waals surface area contributed by atoms with Crippen LogP contribution in [-0.2, 0) is 4.79 Å². The quantitative estimate of drug-likeness (QED) is 0.703. The first-order chi connectivity index (χ1) is 8.13. The molecule has 5 nitrogen and oxygen atoms in total. The summed E-state index contributed by atoms with van der Waals surface area (Å²) >= 11 is 5.73. The lowest BCUT2D eigenvalue weighted by atomic mass is 10.2. The van der Waals surface area contributed by atoms with Crippen LogP contribution in [0.4, 0.5) is 0 Å². The van der Waals surface area contributed by atoms with Crippen LogP contribution in [0.1, 0.15) is 10.4 Å². The highest BCUT2D eigenvalue weighted by molar-refractivity contribution is 6.30. The summed E-state index contributed by atoms with van der Waals surface area (Å²) in [5.41, 5.74) is 0.396. The Morgan fingerprint density at radius 3 is 2.71 bits per heavy atom. The molecule has 0 aliphatic rings. The van der Waals surface area contributed by atoms with E-state index < -0.39 is 0 Å². The Morgan fingerprint density at radius 1 is 1.29 bits per heavy atom. The number of carbonyl (C=O) groups is 2. The molecule has 1 aromatic carbocycles. The Kier molecular flexibility index (Phi) is 5.45. The van der Waals surface area contributed by atoms with Crippen LogP contribution in [0.3, 0.4) is 0 Å². The van der Waals surface area contributed by atoms with Gasteiger partial charge in [-0.2, -0.15) is 0 Å². The molecule has 1 rings (SSSR count). The second-order valence-corrected chi connectivity index (χ2v) is 3.70. The summed E-state index contributed by atoms with van der Waals surface area (Å²) in [4.78, 5) is 22.7. The first kappa shape index (κ1) is 13.5. The zero-order valence-corrected chi connectivity index (χ0v) is 9.83. The predicted molar refractivity (Wildman–Crippen MR) is 63.9 cm³/mol. The fourth-order valence-electron chi connectivity index (χ4n) is 1.15. The molecular weight excluding hydrogens is 244 g/mol. The van der Waals surface area contributed by atoms with Crippen LogP contribution in [0.2, 0.25) is 5.02 Å². The van der Waals surface area contributed by atoms with Crippen molar-refractivity contribution < 1.29 is 14.7 Å². The van der Waals surface area contributed by atoms with E-state index >= 15 is 0 Å². The molecule has 2 amide bonds. The molecule has 0 aromatic heterocycles. The number of halogens is 1. The van der Waals surface area contributed by atoms with E-state index in [-0.39, 0.29) is 31.5 Å². The molecule has 0 unspecified atom stereocenters. The minimum atomic E-state index is -0.369. The Labute approximate surface area is 104 Å². The van der Waals surface area contributed by atoms with Crippen LogP contribution in [0.25, 0.3) is 0 Å². The van der Waals surface area contributed by atoms with Gasteiger partial charge < -0.3 is 15.7 Å². The van der Waals surface area contributed by atoms with Crippen LogP contribution in [0.15, 0.2) is 24.3 Å². The van der Waals surface area contributed by atoms with E-state index in [0.717, 1.165) is 0 Å². The molecule has 17 heavy (non-hydrogen) atoms. The largest absolute Gasteiger partial charge is 0.395 e. The van der Waals surface area contributed by atoms with Crippen molar-refractivity contribution in [2.45, 2.75) is 0 Å². The van der Waals surface area contributed by atoms with Gasteiger partial charge in [0.25, 0.3) is 5.91 Å². The molecule has 92 valence electrons. The number of amides is 2. The minimum Gasteiger partial charge on any atom is -0.395 e. The minimum absolute atomic E-state index is 0.131. The summed E-state index contributed by atoms with van der Waals surface area (Å²) in [6.07, 6.45) is 0. The van der Waals surface area contributed by atoms with E-state index in [0.29, 0.717) is 10.6 Å². The summed E-state index contributed by atoms with van der Waals surface area (Å²) in [5, 5.41) is 13.8. The summed E-state index contributed by atoms with van der Waals surface area (Å²) in [5.74, 6) is -0.721. The monoisotopic (exact) mass is 256 g/mol. The van der Waals surface area contributed by atoms with E-state index in [2.05, 4.69) is 10.6 Å². The molecule has 0 fully saturated rings. The van der Waals surface area contributed by atoms with Gasteiger partial charge in [-0.3, -0.25) is 9.59 Å².